The Morgan fingerprint density at radius 1 is 1.06 bits per heavy atom. The lowest BCUT2D eigenvalue weighted by Gasteiger charge is -2.58. The Morgan fingerprint density at radius 2 is 1.82 bits per heavy atom. The molecule has 8 atom stereocenters. The minimum Gasteiger partial charge on any atom is -0.461 e. The van der Waals surface area contributed by atoms with E-state index >= 15 is 0 Å². The van der Waals surface area contributed by atoms with Crippen LogP contribution in [0.3, 0.4) is 0 Å². The summed E-state index contributed by atoms with van der Waals surface area (Å²) in [5, 5.41) is 0. The highest BCUT2D eigenvalue weighted by atomic mass is 127. The molecule has 188 valence electrons. The van der Waals surface area contributed by atoms with Gasteiger partial charge in [-0.1, -0.05) is 111 Å². The Bertz CT molecular complexity index is 746. The van der Waals surface area contributed by atoms with Crippen LogP contribution in [-0.2, 0) is 9.53 Å². The lowest BCUT2D eigenvalue weighted by atomic mass is 9.47. The number of rotatable bonds is 7. The maximum Gasteiger partial charge on any atom is 0.329 e. The van der Waals surface area contributed by atoms with Gasteiger partial charge >= 0.3 is 5.97 Å². The SMILES string of the molecule is CC(C)CCC[C@@H](C)[C@@H]1CC[C@@H]2[C@H]3CC=C4C[C@@H](OC(=O)C(I)I)CC[C@]4(C)[C@@H]3CC[C@]21C. The monoisotopic (exact) mass is 680 g/mol. The third-order valence-corrected chi connectivity index (χ3v) is 11.7. The number of allylic oxidation sites excluding steroid dienone is 1. The summed E-state index contributed by atoms with van der Waals surface area (Å²) in [7, 11) is 0. The molecular formula is C29H46I2O2. The molecule has 0 spiro atoms. The van der Waals surface area contributed by atoms with E-state index in [1.54, 1.807) is 5.57 Å². The Balaban J connectivity index is 1.45. The van der Waals surface area contributed by atoms with E-state index < -0.39 is 0 Å². The molecule has 0 aromatic heterocycles. The van der Waals surface area contributed by atoms with Crippen molar-refractivity contribution in [2.24, 2.45) is 46.3 Å². The maximum absolute atomic E-state index is 12.2. The van der Waals surface area contributed by atoms with Gasteiger partial charge in [0.05, 0.1) is 0 Å². The molecular weight excluding hydrogens is 634 g/mol. The highest BCUT2D eigenvalue weighted by Gasteiger charge is 2.59. The van der Waals surface area contributed by atoms with Crippen molar-refractivity contribution >= 4 is 51.2 Å². The fraction of sp³-hybridized carbons (Fsp3) is 0.897. The van der Waals surface area contributed by atoms with Crippen LogP contribution in [0.25, 0.3) is 0 Å². The smallest absolute Gasteiger partial charge is 0.329 e. The topological polar surface area (TPSA) is 26.3 Å². The zero-order valence-corrected chi connectivity index (χ0v) is 25.9. The van der Waals surface area contributed by atoms with Crippen molar-refractivity contribution < 1.29 is 9.53 Å². The maximum atomic E-state index is 12.2. The van der Waals surface area contributed by atoms with Crippen LogP contribution in [0.1, 0.15) is 105 Å². The summed E-state index contributed by atoms with van der Waals surface area (Å²) in [6, 6.07) is 0. The van der Waals surface area contributed by atoms with Crippen LogP contribution < -0.4 is 0 Å². The van der Waals surface area contributed by atoms with Gasteiger partial charge in [0.25, 0.3) is 0 Å². The molecule has 33 heavy (non-hydrogen) atoms. The summed E-state index contributed by atoms with van der Waals surface area (Å²) >= 11 is 4.32. The molecule has 3 fully saturated rings. The summed E-state index contributed by atoms with van der Waals surface area (Å²) in [6.07, 6.45) is 17.2. The number of halogens is 2. The minimum atomic E-state index is -0.0858. The van der Waals surface area contributed by atoms with Crippen molar-refractivity contribution in [2.45, 2.75) is 113 Å². The molecule has 2 nitrogen and oxygen atoms in total. The number of carbonyl (C=O) groups excluding carboxylic acids is 1. The second kappa shape index (κ2) is 10.6. The lowest BCUT2D eigenvalue weighted by Crippen LogP contribution is -2.51. The largest absolute Gasteiger partial charge is 0.461 e. The van der Waals surface area contributed by atoms with Crippen molar-refractivity contribution in [3.05, 3.63) is 11.6 Å². The molecule has 0 N–H and O–H groups in total. The molecule has 3 saturated carbocycles. The molecule has 4 heteroatoms. The Kier molecular flexibility index (Phi) is 8.56. The number of carbonyl (C=O) groups is 1. The van der Waals surface area contributed by atoms with Crippen LogP contribution in [0, 0.1) is 46.3 Å². The van der Waals surface area contributed by atoms with Crippen molar-refractivity contribution in [1.82, 2.24) is 0 Å². The number of esters is 1. The fourth-order valence-electron chi connectivity index (χ4n) is 8.97. The van der Waals surface area contributed by atoms with Gasteiger partial charge in [-0.05, 0) is 91.3 Å². The van der Waals surface area contributed by atoms with Crippen molar-refractivity contribution in [3.8, 4) is 0 Å². The molecule has 4 rings (SSSR count). The van der Waals surface area contributed by atoms with Gasteiger partial charge in [-0.3, -0.25) is 4.79 Å². The zero-order valence-electron chi connectivity index (χ0n) is 21.5. The Morgan fingerprint density at radius 3 is 2.52 bits per heavy atom. The quantitative estimate of drug-likeness (QED) is 0.116. The average molecular weight is 680 g/mol. The average Bonchev–Trinajstić information content (AvgIpc) is 3.11. The number of fused-ring (bicyclic) bond motifs is 5. The second-order valence-corrected chi connectivity index (χ2v) is 17.8. The molecule has 0 unspecified atom stereocenters. The fourth-order valence-corrected chi connectivity index (χ4v) is 9.26. The van der Waals surface area contributed by atoms with Gasteiger partial charge in [0.1, 0.15) is 6.10 Å². The van der Waals surface area contributed by atoms with Crippen LogP contribution in [0.15, 0.2) is 11.6 Å². The van der Waals surface area contributed by atoms with E-state index in [4.69, 9.17) is 4.74 Å². The highest BCUT2D eigenvalue weighted by molar-refractivity contribution is 14.2. The summed E-state index contributed by atoms with van der Waals surface area (Å²) in [5.74, 6) is 5.22. The minimum absolute atomic E-state index is 0.0490. The van der Waals surface area contributed by atoms with Crippen LogP contribution in [-0.4, -0.2) is 14.0 Å². The summed E-state index contributed by atoms with van der Waals surface area (Å²) in [5.41, 5.74) is 2.51. The molecule has 0 aromatic rings. The Hall–Kier alpha value is 0.670. The van der Waals surface area contributed by atoms with Crippen LogP contribution >= 0.6 is 45.2 Å². The number of alkyl halides is 2. The van der Waals surface area contributed by atoms with Gasteiger partial charge in [-0.15, -0.1) is 0 Å². The molecule has 4 aliphatic rings. The van der Waals surface area contributed by atoms with Crippen molar-refractivity contribution in [2.75, 3.05) is 0 Å². The van der Waals surface area contributed by atoms with Crippen molar-refractivity contribution in [1.29, 1.82) is 0 Å². The first-order chi connectivity index (χ1) is 15.6. The van der Waals surface area contributed by atoms with Gasteiger partial charge in [0, 0.05) is 6.42 Å². The predicted octanol–water partition coefficient (Wildman–Crippen LogP) is 9.14. The predicted molar refractivity (Wildman–Crippen MR) is 155 cm³/mol. The van der Waals surface area contributed by atoms with Crippen LogP contribution in [0.5, 0.6) is 0 Å². The molecule has 4 aliphatic carbocycles. The molecule has 0 amide bonds. The summed E-state index contributed by atoms with van der Waals surface area (Å²) in [4.78, 5) is 12.2. The summed E-state index contributed by atoms with van der Waals surface area (Å²) in [6.45, 7) is 12.6. The second-order valence-electron chi connectivity index (χ2n) is 12.9. The van der Waals surface area contributed by atoms with E-state index in [1.807, 2.05) is 0 Å². The van der Waals surface area contributed by atoms with E-state index in [1.165, 1.54) is 57.8 Å². The molecule has 0 heterocycles. The standard InChI is InChI=1S/C29H46I2O2/c1-18(2)7-6-8-19(3)23-11-12-24-22-10-9-20-17-21(33-27(32)26(30)31)13-15-28(20,4)25(22)14-16-29(23,24)5/h9,18-19,21-26H,6-8,10-17H2,1-5H3/t19-,21+,22-,23+,24-,25-,28+,29+/m1/s1. The lowest BCUT2D eigenvalue weighted by molar-refractivity contribution is -0.148. The third kappa shape index (κ3) is 5.23. The first-order valence-electron chi connectivity index (χ1n) is 13.7. The molecule has 0 radical (unpaired) electrons. The highest BCUT2D eigenvalue weighted by Crippen LogP contribution is 2.67. The first kappa shape index (κ1) is 26.7. The number of hydrogen-bond acceptors (Lipinski definition) is 2. The first-order valence-corrected chi connectivity index (χ1v) is 16.2. The molecule has 0 aliphatic heterocycles. The van der Waals surface area contributed by atoms with E-state index in [2.05, 4.69) is 85.9 Å². The van der Waals surface area contributed by atoms with Crippen LogP contribution in [0.2, 0.25) is 0 Å². The zero-order chi connectivity index (χ0) is 24.0. The van der Waals surface area contributed by atoms with E-state index in [0.29, 0.717) is 10.8 Å². The van der Waals surface area contributed by atoms with Gasteiger partial charge in [-0.2, -0.15) is 0 Å². The normalized spacial score (nSPS) is 41.2. The molecule has 0 saturated heterocycles. The van der Waals surface area contributed by atoms with E-state index in [-0.39, 0.29) is 14.0 Å². The Labute approximate surface area is 230 Å². The van der Waals surface area contributed by atoms with Crippen molar-refractivity contribution in [3.63, 3.8) is 0 Å². The third-order valence-electron chi connectivity index (χ3n) is 10.7. The molecule has 0 aromatic carbocycles. The number of ether oxygens (including phenoxy) is 1. The van der Waals surface area contributed by atoms with Gasteiger partial charge in [0.15, 0.2) is 1.93 Å². The number of hydrogen-bond donors (Lipinski definition) is 0. The van der Waals surface area contributed by atoms with E-state index in [0.717, 1.165) is 48.3 Å². The van der Waals surface area contributed by atoms with Gasteiger partial charge in [-0.25, -0.2) is 0 Å². The molecule has 0 bridgehead atoms. The summed E-state index contributed by atoms with van der Waals surface area (Å²) < 4.78 is 5.77. The van der Waals surface area contributed by atoms with Crippen LogP contribution in [0.4, 0.5) is 0 Å². The van der Waals surface area contributed by atoms with Gasteiger partial charge < -0.3 is 4.74 Å². The van der Waals surface area contributed by atoms with Gasteiger partial charge in [0.2, 0.25) is 0 Å². The van der Waals surface area contributed by atoms with E-state index in [9.17, 15) is 4.79 Å².